The highest BCUT2D eigenvalue weighted by atomic mass is 16.2. The van der Waals surface area contributed by atoms with Crippen molar-refractivity contribution >= 4 is 28.8 Å². The number of hydrogen-bond donors (Lipinski definition) is 1. The van der Waals surface area contributed by atoms with E-state index >= 15 is 0 Å². The Morgan fingerprint density at radius 3 is 2.23 bits per heavy atom. The van der Waals surface area contributed by atoms with E-state index in [4.69, 9.17) is 5.41 Å². The van der Waals surface area contributed by atoms with E-state index in [2.05, 4.69) is 0 Å². The van der Waals surface area contributed by atoms with Crippen LogP contribution < -0.4 is 4.90 Å². The van der Waals surface area contributed by atoms with E-state index in [0.717, 1.165) is 22.5 Å². The molecule has 0 unspecified atom stereocenters. The second-order valence-electron chi connectivity index (χ2n) is 6.23. The van der Waals surface area contributed by atoms with E-state index in [1.54, 1.807) is 17.0 Å². The molecule has 0 bridgehead atoms. The van der Waals surface area contributed by atoms with Gasteiger partial charge in [-0.05, 0) is 37.1 Å². The van der Waals surface area contributed by atoms with E-state index in [-0.39, 0.29) is 11.7 Å². The van der Waals surface area contributed by atoms with Crippen LogP contribution in [0.2, 0.25) is 0 Å². The third-order valence-corrected chi connectivity index (χ3v) is 4.71. The molecule has 2 aromatic rings. The quantitative estimate of drug-likeness (QED) is 0.606. The predicted octanol–water partition coefficient (Wildman–Crippen LogP) is 5.08. The third kappa shape index (κ3) is 2.88. The summed E-state index contributed by atoms with van der Waals surface area (Å²) >= 11 is 0. The minimum Gasteiger partial charge on any atom is -0.305 e. The van der Waals surface area contributed by atoms with Gasteiger partial charge in [0.2, 0.25) is 0 Å². The van der Waals surface area contributed by atoms with Gasteiger partial charge in [-0.3, -0.25) is 14.5 Å². The van der Waals surface area contributed by atoms with Gasteiger partial charge in [0.05, 0.1) is 11.3 Å². The van der Waals surface area contributed by atoms with E-state index < -0.39 is 0 Å². The van der Waals surface area contributed by atoms with Crippen molar-refractivity contribution in [3.8, 4) is 0 Å². The number of carbonyl (C=O) groups excluding carboxylic acids is 2. The van der Waals surface area contributed by atoms with Crippen LogP contribution in [0.1, 0.15) is 65.5 Å². The van der Waals surface area contributed by atoms with Crippen molar-refractivity contribution in [2.75, 3.05) is 4.90 Å². The van der Waals surface area contributed by atoms with Crippen LogP contribution in [0.3, 0.4) is 0 Å². The van der Waals surface area contributed by atoms with Gasteiger partial charge >= 0.3 is 0 Å². The molecule has 2 aromatic carbocycles. The molecular formula is C22H22N2O2. The molecule has 0 atom stereocenters. The first kappa shape index (κ1) is 17.8. The molecule has 0 saturated heterocycles. The molecule has 1 aliphatic heterocycles. The van der Waals surface area contributed by atoms with E-state index in [9.17, 15) is 9.59 Å². The maximum atomic E-state index is 13.0. The average Bonchev–Trinajstić information content (AvgIpc) is 2.98. The first-order valence-corrected chi connectivity index (χ1v) is 8.88. The zero-order chi connectivity index (χ0) is 18.8. The monoisotopic (exact) mass is 346 g/mol. The topological polar surface area (TPSA) is 61.2 Å². The Kier molecular flexibility index (Phi) is 4.85. The van der Waals surface area contributed by atoms with Crippen LogP contribution >= 0.6 is 0 Å². The molecule has 0 spiro atoms. The molecule has 1 amide bonds. The fourth-order valence-corrected chi connectivity index (χ4v) is 3.23. The van der Waals surface area contributed by atoms with Crippen molar-refractivity contribution in [1.82, 2.24) is 0 Å². The zero-order valence-corrected chi connectivity index (χ0v) is 15.3. The van der Waals surface area contributed by atoms with Gasteiger partial charge in [0.25, 0.3) is 5.91 Å². The molecule has 26 heavy (non-hydrogen) atoms. The van der Waals surface area contributed by atoms with E-state index in [0.29, 0.717) is 29.7 Å². The van der Waals surface area contributed by atoms with E-state index in [1.165, 1.54) is 0 Å². The summed E-state index contributed by atoms with van der Waals surface area (Å²) in [6.45, 7) is 5.66. The molecule has 4 heteroatoms. The van der Waals surface area contributed by atoms with Crippen LogP contribution in [0.15, 0.2) is 48.5 Å². The maximum Gasteiger partial charge on any atom is 0.263 e. The van der Waals surface area contributed by atoms with Gasteiger partial charge in [0, 0.05) is 28.9 Å². The van der Waals surface area contributed by atoms with Gasteiger partial charge in [0.15, 0.2) is 5.78 Å². The minimum absolute atomic E-state index is 0.0310. The lowest BCUT2D eigenvalue weighted by Crippen LogP contribution is -2.22. The molecule has 3 rings (SSSR count). The third-order valence-electron chi connectivity index (χ3n) is 4.71. The number of hydrogen-bond acceptors (Lipinski definition) is 3. The van der Waals surface area contributed by atoms with E-state index in [1.807, 2.05) is 57.2 Å². The predicted molar refractivity (Wildman–Crippen MR) is 105 cm³/mol. The van der Waals surface area contributed by atoms with Crippen LogP contribution in [0.25, 0.3) is 5.70 Å². The summed E-state index contributed by atoms with van der Waals surface area (Å²) in [5.74, 6) is -0.0966. The SMILES string of the molecule is C/C=C1/c2ccc(C(=O)CC)cc2C(=O)N1c1ccc(C(=N)CC)cc1. The van der Waals surface area contributed by atoms with Crippen LogP contribution in [0.4, 0.5) is 5.69 Å². The average molecular weight is 346 g/mol. The molecule has 0 fully saturated rings. The van der Waals surface area contributed by atoms with Crippen LogP contribution in [0, 0.1) is 5.41 Å². The molecule has 0 aliphatic carbocycles. The highest BCUT2D eigenvalue weighted by Crippen LogP contribution is 2.37. The first-order valence-electron chi connectivity index (χ1n) is 8.88. The highest BCUT2D eigenvalue weighted by Gasteiger charge is 2.33. The number of Topliss-reactive ketones (excluding diaryl/α,β-unsaturated/α-hetero) is 1. The Balaban J connectivity index is 2.02. The van der Waals surface area contributed by atoms with Crippen LogP contribution in [-0.2, 0) is 0 Å². The fourth-order valence-electron chi connectivity index (χ4n) is 3.23. The summed E-state index contributed by atoms with van der Waals surface area (Å²) in [5.41, 5.74) is 4.98. The zero-order valence-electron chi connectivity index (χ0n) is 15.3. The van der Waals surface area contributed by atoms with Crippen LogP contribution in [-0.4, -0.2) is 17.4 Å². The van der Waals surface area contributed by atoms with Gasteiger partial charge in [-0.2, -0.15) is 0 Å². The second-order valence-corrected chi connectivity index (χ2v) is 6.23. The number of ketones is 1. The van der Waals surface area contributed by atoms with Gasteiger partial charge in [-0.1, -0.05) is 44.2 Å². The minimum atomic E-state index is -0.128. The Bertz CT molecular complexity index is 924. The molecule has 4 nitrogen and oxygen atoms in total. The van der Waals surface area contributed by atoms with Crippen molar-refractivity contribution in [3.63, 3.8) is 0 Å². The van der Waals surface area contributed by atoms with Crippen molar-refractivity contribution in [2.45, 2.75) is 33.6 Å². The molecule has 0 saturated carbocycles. The van der Waals surface area contributed by atoms with Gasteiger partial charge < -0.3 is 5.41 Å². The summed E-state index contributed by atoms with van der Waals surface area (Å²) < 4.78 is 0. The summed E-state index contributed by atoms with van der Waals surface area (Å²) in [6, 6.07) is 12.8. The molecule has 1 heterocycles. The lowest BCUT2D eigenvalue weighted by Gasteiger charge is -2.18. The smallest absolute Gasteiger partial charge is 0.263 e. The number of nitrogens with zero attached hydrogens (tertiary/aromatic N) is 1. The second kappa shape index (κ2) is 7.08. The maximum absolute atomic E-state index is 13.0. The summed E-state index contributed by atoms with van der Waals surface area (Å²) in [6.07, 6.45) is 2.99. The number of benzene rings is 2. The van der Waals surface area contributed by atoms with Gasteiger partial charge in [-0.15, -0.1) is 0 Å². The molecule has 0 radical (unpaired) electrons. The molecule has 1 aliphatic rings. The Morgan fingerprint density at radius 1 is 1.00 bits per heavy atom. The number of rotatable bonds is 5. The summed E-state index contributed by atoms with van der Waals surface area (Å²) in [4.78, 5) is 26.7. The lowest BCUT2D eigenvalue weighted by atomic mass is 10.0. The Morgan fingerprint density at radius 2 is 1.65 bits per heavy atom. The fraction of sp³-hybridized carbons (Fsp3) is 0.227. The normalized spacial score (nSPS) is 14.7. The number of nitrogens with one attached hydrogen (secondary N) is 1. The summed E-state index contributed by atoms with van der Waals surface area (Å²) in [7, 11) is 0. The highest BCUT2D eigenvalue weighted by molar-refractivity contribution is 6.23. The molecule has 0 aromatic heterocycles. The first-order chi connectivity index (χ1) is 12.5. The number of anilines is 1. The van der Waals surface area contributed by atoms with Gasteiger partial charge in [0.1, 0.15) is 0 Å². The van der Waals surface area contributed by atoms with Crippen molar-refractivity contribution in [1.29, 1.82) is 5.41 Å². The largest absolute Gasteiger partial charge is 0.305 e. The Labute approximate surface area is 153 Å². The van der Waals surface area contributed by atoms with Crippen molar-refractivity contribution in [2.24, 2.45) is 0 Å². The summed E-state index contributed by atoms with van der Waals surface area (Å²) in [5, 5.41) is 7.94. The lowest BCUT2D eigenvalue weighted by molar-refractivity contribution is 0.0988. The van der Waals surface area contributed by atoms with Crippen molar-refractivity contribution in [3.05, 3.63) is 70.8 Å². The molecule has 1 N–H and O–H groups in total. The van der Waals surface area contributed by atoms with Gasteiger partial charge in [-0.25, -0.2) is 0 Å². The van der Waals surface area contributed by atoms with Crippen molar-refractivity contribution < 1.29 is 9.59 Å². The number of carbonyl (C=O) groups is 2. The molecule has 132 valence electrons. The standard InChI is InChI=1S/C22H22N2O2/c1-4-19(23)14-7-10-16(11-8-14)24-20(5-2)17-12-9-15(21(25)6-3)13-18(17)22(24)26/h5,7-13,23H,4,6H2,1-3H3/b20-5-,23-19?. The Hall–Kier alpha value is -3.01. The number of amides is 1. The number of fused-ring (bicyclic) bond motifs is 1. The van der Waals surface area contributed by atoms with Crippen LogP contribution in [0.5, 0.6) is 0 Å². The molecular weight excluding hydrogens is 324 g/mol. The number of allylic oxidation sites excluding steroid dienone is 1.